The minimum atomic E-state index is -0.308. The summed E-state index contributed by atoms with van der Waals surface area (Å²) in [6.45, 7) is 2.20. The van der Waals surface area contributed by atoms with Crippen LogP contribution in [0, 0.1) is 11.6 Å². The molecule has 1 fully saturated rings. The Morgan fingerprint density at radius 1 is 0.758 bits per heavy atom. The average molecular weight is 453 g/mol. The van der Waals surface area contributed by atoms with E-state index in [1.165, 1.54) is 38.5 Å². The number of benzene rings is 3. The van der Waals surface area contributed by atoms with Crippen LogP contribution in [0.3, 0.4) is 0 Å². The summed E-state index contributed by atoms with van der Waals surface area (Å²) in [7, 11) is 3.05. The van der Waals surface area contributed by atoms with E-state index in [2.05, 4.69) is 4.90 Å². The molecule has 172 valence electrons. The van der Waals surface area contributed by atoms with E-state index in [0.717, 1.165) is 11.1 Å². The number of halogens is 2. The first-order valence-electron chi connectivity index (χ1n) is 10.8. The fraction of sp³-hybridized carbons (Fsp3) is 0.269. The number of piperazine rings is 1. The van der Waals surface area contributed by atoms with Gasteiger partial charge in [-0.25, -0.2) is 8.78 Å². The van der Waals surface area contributed by atoms with Crippen LogP contribution in [-0.4, -0.2) is 56.1 Å². The van der Waals surface area contributed by atoms with Crippen molar-refractivity contribution in [1.29, 1.82) is 0 Å². The SMILES string of the molecule is COc1cccc(OC)c1C(=O)N1CCN(C(c2ccc(F)cc2)c2ccc(F)cc2)CC1. The highest BCUT2D eigenvalue weighted by molar-refractivity contribution is 5.99. The summed E-state index contributed by atoms with van der Waals surface area (Å²) in [6, 6.07) is 17.8. The second-order valence-electron chi connectivity index (χ2n) is 7.87. The Kier molecular flexibility index (Phi) is 6.89. The normalized spacial score (nSPS) is 14.4. The van der Waals surface area contributed by atoms with Crippen molar-refractivity contribution in [3.8, 4) is 11.5 Å². The van der Waals surface area contributed by atoms with Gasteiger partial charge in [-0.2, -0.15) is 0 Å². The summed E-state index contributed by atoms with van der Waals surface area (Å²) in [5, 5.41) is 0. The highest BCUT2D eigenvalue weighted by Gasteiger charge is 2.31. The third-order valence-electron chi connectivity index (χ3n) is 5.98. The van der Waals surface area contributed by atoms with Crippen molar-refractivity contribution in [2.24, 2.45) is 0 Å². The van der Waals surface area contributed by atoms with Gasteiger partial charge in [0.1, 0.15) is 28.7 Å². The zero-order valence-corrected chi connectivity index (χ0v) is 18.6. The minimum absolute atomic E-state index is 0.149. The van der Waals surface area contributed by atoms with E-state index < -0.39 is 0 Å². The average Bonchev–Trinajstić information content (AvgIpc) is 2.86. The summed E-state index contributed by atoms with van der Waals surface area (Å²) in [4.78, 5) is 17.3. The third kappa shape index (κ3) is 4.83. The first-order valence-corrected chi connectivity index (χ1v) is 10.8. The smallest absolute Gasteiger partial charge is 0.261 e. The molecule has 1 amide bonds. The van der Waals surface area contributed by atoms with E-state index in [1.807, 2.05) is 0 Å². The fourth-order valence-electron chi connectivity index (χ4n) is 4.31. The van der Waals surface area contributed by atoms with Crippen LogP contribution in [0.25, 0.3) is 0 Å². The van der Waals surface area contributed by atoms with Crippen molar-refractivity contribution in [1.82, 2.24) is 9.80 Å². The van der Waals surface area contributed by atoms with Crippen LogP contribution in [0.5, 0.6) is 11.5 Å². The molecule has 0 bridgehead atoms. The van der Waals surface area contributed by atoms with Gasteiger partial charge in [-0.1, -0.05) is 30.3 Å². The number of ether oxygens (including phenoxy) is 2. The molecular formula is C26H26F2N2O3. The molecule has 3 aromatic rings. The van der Waals surface area contributed by atoms with Crippen molar-refractivity contribution >= 4 is 5.91 Å². The topological polar surface area (TPSA) is 42.0 Å². The lowest BCUT2D eigenvalue weighted by molar-refractivity contribution is 0.0591. The van der Waals surface area contributed by atoms with Gasteiger partial charge in [-0.15, -0.1) is 0 Å². The highest BCUT2D eigenvalue weighted by Crippen LogP contribution is 2.32. The zero-order valence-electron chi connectivity index (χ0n) is 18.6. The van der Waals surface area contributed by atoms with Crippen LogP contribution < -0.4 is 9.47 Å². The van der Waals surface area contributed by atoms with Crippen LogP contribution in [0.2, 0.25) is 0 Å². The number of hydrogen-bond acceptors (Lipinski definition) is 4. The van der Waals surface area contributed by atoms with Gasteiger partial charge in [0.2, 0.25) is 0 Å². The molecule has 1 aliphatic heterocycles. The predicted molar refractivity (Wildman–Crippen MR) is 122 cm³/mol. The molecule has 0 aliphatic carbocycles. The molecule has 1 heterocycles. The standard InChI is InChI=1S/C26H26F2N2O3/c1-32-22-4-3-5-23(33-2)24(22)26(31)30-16-14-29(15-17-30)25(18-6-10-20(27)11-7-18)19-8-12-21(28)13-9-19/h3-13,25H,14-17H2,1-2H3. The van der Waals surface area contributed by atoms with E-state index in [4.69, 9.17) is 9.47 Å². The molecule has 7 heteroatoms. The van der Waals surface area contributed by atoms with E-state index in [1.54, 1.807) is 47.4 Å². The molecule has 0 N–H and O–H groups in total. The van der Waals surface area contributed by atoms with Crippen molar-refractivity contribution in [3.63, 3.8) is 0 Å². The van der Waals surface area contributed by atoms with Crippen LogP contribution in [-0.2, 0) is 0 Å². The van der Waals surface area contributed by atoms with Crippen LogP contribution in [0.15, 0.2) is 66.7 Å². The van der Waals surface area contributed by atoms with Gasteiger partial charge in [-0.05, 0) is 47.5 Å². The summed E-state index contributed by atoms with van der Waals surface area (Å²) in [5.74, 6) is 0.175. The Morgan fingerprint density at radius 2 is 1.21 bits per heavy atom. The fourth-order valence-corrected chi connectivity index (χ4v) is 4.31. The monoisotopic (exact) mass is 452 g/mol. The molecule has 0 aromatic heterocycles. The number of nitrogens with zero attached hydrogens (tertiary/aromatic N) is 2. The number of methoxy groups -OCH3 is 2. The number of rotatable bonds is 6. The maximum Gasteiger partial charge on any atom is 0.261 e. The van der Waals surface area contributed by atoms with E-state index in [-0.39, 0.29) is 23.6 Å². The second kappa shape index (κ2) is 10.0. The first kappa shape index (κ1) is 22.7. The predicted octanol–water partition coefficient (Wildman–Crippen LogP) is 4.53. The third-order valence-corrected chi connectivity index (χ3v) is 5.98. The Morgan fingerprint density at radius 3 is 1.64 bits per heavy atom. The van der Waals surface area contributed by atoms with Crippen LogP contribution >= 0.6 is 0 Å². The van der Waals surface area contributed by atoms with E-state index in [0.29, 0.717) is 43.2 Å². The quantitative estimate of drug-likeness (QED) is 0.551. The summed E-state index contributed by atoms with van der Waals surface area (Å²) in [5.41, 5.74) is 2.23. The molecule has 4 rings (SSSR count). The maximum atomic E-state index is 13.5. The molecule has 5 nitrogen and oxygen atoms in total. The first-order chi connectivity index (χ1) is 16.0. The minimum Gasteiger partial charge on any atom is -0.496 e. The lowest BCUT2D eigenvalue weighted by Crippen LogP contribution is -2.50. The molecular weight excluding hydrogens is 426 g/mol. The molecule has 1 saturated heterocycles. The van der Waals surface area contributed by atoms with Gasteiger partial charge in [-0.3, -0.25) is 9.69 Å². The molecule has 0 atom stereocenters. The highest BCUT2D eigenvalue weighted by atomic mass is 19.1. The summed E-state index contributed by atoms with van der Waals surface area (Å²) < 4.78 is 37.9. The van der Waals surface area contributed by atoms with Gasteiger partial charge in [0.25, 0.3) is 5.91 Å². The zero-order chi connectivity index (χ0) is 23.4. The Balaban J connectivity index is 1.56. The lowest BCUT2D eigenvalue weighted by Gasteiger charge is -2.40. The Hall–Kier alpha value is -3.45. The van der Waals surface area contributed by atoms with Gasteiger partial charge in [0.05, 0.1) is 20.3 Å². The summed E-state index contributed by atoms with van der Waals surface area (Å²) >= 11 is 0. The van der Waals surface area contributed by atoms with Crippen molar-refractivity contribution in [2.75, 3.05) is 40.4 Å². The van der Waals surface area contributed by atoms with Crippen LogP contribution in [0.4, 0.5) is 8.78 Å². The molecule has 0 radical (unpaired) electrons. The van der Waals surface area contributed by atoms with Gasteiger partial charge in [0, 0.05) is 26.2 Å². The van der Waals surface area contributed by atoms with Gasteiger partial charge >= 0.3 is 0 Å². The van der Waals surface area contributed by atoms with Gasteiger partial charge in [0.15, 0.2) is 0 Å². The molecule has 1 aliphatic rings. The van der Waals surface area contributed by atoms with E-state index in [9.17, 15) is 13.6 Å². The molecule has 0 spiro atoms. The van der Waals surface area contributed by atoms with Crippen molar-refractivity contribution in [2.45, 2.75) is 6.04 Å². The second-order valence-corrected chi connectivity index (χ2v) is 7.87. The Bertz CT molecular complexity index is 1030. The maximum absolute atomic E-state index is 13.5. The molecule has 0 unspecified atom stereocenters. The lowest BCUT2D eigenvalue weighted by atomic mass is 9.96. The molecule has 3 aromatic carbocycles. The largest absolute Gasteiger partial charge is 0.496 e. The number of hydrogen-bond donors (Lipinski definition) is 0. The molecule has 33 heavy (non-hydrogen) atoms. The molecule has 0 saturated carbocycles. The van der Waals surface area contributed by atoms with Crippen molar-refractivity contribution in [3.05, 3.63) is 95.1 Å². The summed E-state index contributed by atoms with van der Waals surface area (Å²) in [6.07, 6.45) is 0. The van der Waals surface area contributed by atoms with Crippen LogP contribution in [0.1, 0.15) is 27.5 Å². The van der Waals surface area contributed by atoms with Crippen molar-refractivity contribution < 1.29 is 23.0 Å². The number of carbonyl (C=O) groups excluding carboxylic acids is 1. The number of carbonyl (C=O) groups is 1. The Labute approximate surface area is 192 Å². The van der Waals surface area contributed by atoms with E-state index >= 15 is 0 Å². The van der Waals surface area contributed by atoms with Gasteiger partial charge < -0.3 is 14.4 Å². The number of amides is 1.